The molecule has 23 heavy (non-hydrogen) atoms. The number of benzene rings is 3. The highest BCUT2D eigenvalue weighted by Crippen LogP contribution is 2.31. The Kier molecular flexibility index (Phi) is 4.75. The van der Waals surface area contributed by atoms with E-state index in [2.05, 4.69) is 34.1 Å². The van der Waals surface area contributed by atoms with Gasteiger partial charge in [0.25, 0.3) is 0 Å². The van der Waals surface area contributed by atoms with Crippen molar-refractivity contribution in [2.24, 2.45) is 0 Å². The standard InChI is InChI=1S/C20H14BrNO/c21-19-12-16(15-6-2-1-3-7-15)10-11-20(19)23-14-18-9-5-4-8-17(18)13-22/h1-12H,14H2. The van der Waals surface area contributed by atoms with E-state index in [1.165, 1.54) is 0 Å². The number of ether oxygens (including phenoxy) is 1. The summed E-state index contributed by atoms with van der Waals surface area (Å²) in [5.41, 5.74) is 3.82. The quantitative estimate of drug-likeness (QED) is 0.607. The van der Waals surface area contributed by atoms with E-state index < -0.39 is 0 Å². The first-order chi connectivity index (χ1) is 11.3. The van der Waals surface area contributed by atoms with E-state index in [4.69, 9.17) is 10.00 Å². The van der Waals surface area contributed by atoms with Gasteiger partial charge in [0.2, 0.25) is 0 Å². The number of hydrogen-bond acceptors (Lipinski definition) is 2. The van der Waals surface area contributed by atoms with Gasteiger partial charge in [0.1, 0.15) is 12.4 Å². The Bertz CT molecular complexity index is 853. The van der Waals surface area contributed by atoms with Crippen LogP contribution >= 0.6 is 15.9 Å². The van der Waals surface area contributed by atoms with Crippen molar-refractivity contribution in [3.8, 4) is 22.9 Å². The fourth-order valence-corrected chi connectivity index (χ4v) is 2.83. The summed E-state index contributed by atoms with van der Waals surface area (Å²) < 4.78 is 6.75. The molecule has 0 radical (unpaired) electrons. The molecule has 0 saturated carbocycles. The minimum Gasteiger partial charge on any atom is -0.488 e. The summed E-state index contributed by atoms with van der Waals surface area (Å²) in [5.74, 6) is 0.762. The van der Waals surface area contributed by atoms with E-state index in [-0.39, 0.29) is 0 Å². The lowest BCUT2D eigenvalue weighted by atomic mass is 10.1. The highest BCUT2D eigenvalue weighted by molar-refractivity contribution is 9.10. The third-order valence-corrected chi connectivity index (χ3v) is 4.18. The molecule has 0 bridgehead atoms. The summed E-state index contributed by atoms with van der Waals surface area (Å²) in [4.78, 5) is 0. The van der Waals surface area contributed by atoms with E-state index in [0.717, 1.165) is 26.9 Å². The predicted molar refractivity (Wildman–Crippen MR) is 95.1 cm³/mol. The first kappa shape index (κ1) is 15.3. The molecule has 3 aromatic rings. The monoisotopic (exact) mass is 363 g/mol. The molecule has 0 N–H and O–H groups in total. The van der Waals surface area contributed by atoms with Gasteiger partial charge in [-0.25, -0.2) is 0 Å². The van der Waals surface area contributed by atoms with Crippen LogP contribution in [-0.2, 0) is 6.61 Å². The molecule has 0 amide bonds. The predicted octanol–water partition coefficient (Wildman–Crippen LogP) is 5.57. The van der Waals surface area contributed by atoms with Crippen LogP contribution in [0.2, 0.25) is 0 Å². The summed E-state index contributed by atoms with van der Waals surface area (Å²) in [5, 5.41) is 9.12. The maximum absolute atomic E-state index is 9.12. The van der Waals surface area contributed by atoms with Gasteiger partial charge in [0.15, 0.2) is 0 Å². The lowest BCUT2D eigenvalue weighted by Crippen LogP contribution is -1.98. The van der Waals surface area contributed by atoms with E-state index >= 15 is 0 Å². The number of nitriles is 1. The molecule has 2 nitrogen and oxygen atoms in total. The van der Waals surface area contributed by atoms with E-state index in [9.17, 15) is 0 Å². The molecule has 3 aromatic carbocycles. The molecule has 0 aromatic heterocycles. The smallest absolute Gasteiger partial charge is 0.134 e. The van der Waals surface area contributed by atoms with Crippen molar-refractivity contribution in [3.63, 3.8) is 0 Å². The van der Waals surface area contributed by atoms with Crippen molar-refractivity contribution in [1.29, 1.82) is 5.26 Å². The largest absolute Gasteiger partial charge is 0.488 e. The highest BCUT2D eigenvalue weighted by atomic mass is 79.9. The summed E-state index contributed by atoms with van der Waals surface area (Å²) in [6, 6.07) is 25.9. The number of nitrogens with zero attached hydrogens (tertiary/aromatic N) is 1. The van der Waals surface area contributed by atoms with Crippen LogP contribution in [0.3, 0.4) is 0 Å². The molecule has 0 aliphatic heterocycles. The molecule has 0 unspecified atom stereocenters. The van der Waals surface area contributed by atoms with Crippen LogP contribution in [0.4, 0.5) is 0 Å². The topological polar surface area (TPSA) is 33.0 Å². The lowest BCUT2D eigenvalue weighted by Gasteiger charge is -2.11. The van der Waals surface area contributed by atoms with Gasteiger partial charge in [-0.05, 0) is 45.3 Å². The molecule has 3 rings (SSSR count). The van der Waals surface area contributed by atoms with Crippen LogP contribution in [0, 0.1) is 11.3 Å². The second kappa shape index (κ2) is 7.13. The molecule has 0 fully saturated rings. The van der Waals surface area contributed by atoms with Gasteiger partial charge >= 0.3 is 0 Å². The minimum absolute atomic E-state index is 0.368. The molecule has 0 aliphatic rings. The summed E-state index contributed by atoms with van der Waals surface area (Å²) in [6.45, 7) is 0.368. The minimum atomic E-state index is 0.368. The van der Waals surface area contributed by atoms with Gasteiger partial charge in [0, 0.05) is 5.56 Å². The van der Waals surface area contributed by atoms with Gasteiger partial charge in [-0.15, -0.1) is 0 Å². The summed E-state index contributed by atoms with van der Waals surface area (Å²) >= 11 is 3.56. The first-order valence-electron chi connectivity index (χ1n) is 7.24. The number of hydrogen-bond donors (Lipinski definition) is 0. The van der Waals surface area contributed by atoms with Crippen LogP contribution in [-0.4, -0.2) is 0 Å². The fraction of sp³-hybridized carbons (Fsp3) is 0.0500. The van der Waals surface area contributed by atoms with Gasteiger partial charge in [-0.1, -0.05) is 54.6 Å². The van der Waals surface area contributed by atoms with Crippen molar-refractivity contribution in [2.45, 2.75) is 6.61 Å². The van der Waals surface area contributed by atoms with Crippen LogP contribution in [0.25, 0.3) is 11.1 Å². The second-order valence-corrected chi connectivity index (χ2v) is 5.92. The first-order valence-corrected chi connectivity index (χ1v) is 8.03. The van der Waals surface area contributed by atoms with Crippen LogP contribution < -0.4 is 4.74 Å². The Balaban J connectivity index is 1.78. The Hall–Kier alpha value is -2.57. The van der Waals surface area contributed by atoms with Crippen LogP contribution in [0.1, 0.15) is 11.1 Å². The molecular formula is C20H14BrNO. The molecule has 3 heteroatoms. The summed E-state index contributed by atoms with van der Waals surface area (Å²) in [7, 11) is 0. The van der Waals surface area contributed by atoms with E-state index in [0.29, 0.717) is 12.2 Å². The SMILES string of the molecule is N#Cc1ccccc1COc1ccc(-c2ccccc2)cc1Br. The average molecular weight is 364 g/mol. The molecule has 0 atom stereocenters. The van der Waals surface area contributed by atoms with Crippen LogP contribution in [0.15, 0.2) is 77.3 Å². The maximum atomic E-state index is 9.12. The Labute approximate surface area is 144 Å². The van der Waals surface area contributed by atoms with Crippen molar-refractivity contribution in [2.75, 3.05) is 0 Å². The van der Waals surface area contributed by atoms with Crippen LogP contribution in [0.5, 0.6) is 5.75 Å². The Morgan fingerprint density at radius 2 is 1.61 bits per heavy atom. The van der Waals surface area contributed by atoms with Crippen molar-refractivity contribution >= 4 is 15.9 Å². The highest BCUT2D eigenvalue weighted by Gasteiger charge is 2.06. The second-order valence-electron chi connectivity index (χ2n) is 5.07. The van der Waals surface area contributed by atoms with Crippen molar-refractivity contribution in [3.05, 3.63) is 88.4 Å². The molecule has 0 spiro atoms. The van der Waals surface area contributed by atoms with E-state index in [1.807, 2.05) is 54.6 Å². The average Bonchev–Trinajstić information content (AvgIpc) is 2.61. The zero-order chi connectivity index (χ0) is 16.1. The summed E-state index contributed by atoms with van der Waals surface area (Å²) in [6.07, 6.45) is 0. The fourth-order valence-electron chi connectivity index (χ4n) is 2.34. The third kappa shape index (κ3) is 3.61. The van der Waals surface area contributed by atoms with Gasteiger partial charge in [0.05, 0.1) is 16.1 Å². The third-order valence-electron chi connectivity index (χ3n) is 3.56. The van der Waals surface area contributed by atoms with Gasteiger partial charge in [-0.2, -0.15) is 5.26 Å². The number of halogens is 1. The molecule has 0 saturated heterocycles. The molecule has 112 valence electrons. The van der Waals surface area contributed by atoms with Crippen molar-refractivity contribution < 1.29 is 4.74 Å². The lowest BCUT2D eigenvalue weighted by molar-refractivity contribution is 0.304. The molecular weight excluding hydrogens is 350 g/mol. The van der Waals surface area contributed by atoms with E-state index in [1.54, 1.807) is 6.07 Å². The Morgan fingerprint density at radius 3 is 2.35 bits per heavy atom. The molecule has 0 heterocycles. The van der Waals surface area contributed by atoms with Crippen molar-refractivity contribution in [1.82, 2.24) is 0 Å². The zero-order valence-electron chi connectivity index (χ0n) is 12.4. The molecule has 0 aliphatic carbocycles. The Morgan fingerprint density at radius 1 is 0.870 bits per heavy atom. The van der Waals surface area contributed by atoms with Gasteiger partial charge in [-0.3, -0.25) is 0 Å². The van der Waals surface area contributed by atoms with Gasteiger partial charge < -0.3 is 4.74 Å². The number of rotatable bonds is 4. The zero-order valence-corrected chi connectivity index (χ0v) is 14.0. The normalized spacial score (nSPS) is 10.1. The maximum Gasteiger partial charge on any atom is 0.134 e.